The minimum absolute atomic E-state index is 0. The second kappa shape index (κ2) is 5.93. The number of halogens is 3. The van der Waals surface area contributed by atoms with E-state index in [2.05, 4.69) is 37.2 Å². The van der Waals surface area contributed by atoms with Gasteiger partial charge < -0.3 is 15.2 Å². The van der Waals surface area contributed by atoms with Crippen LogP contribution in [0.3, 0.4) is 0 Å². The Kier molecular flexibility index (Phi) is 5.09. The summed E-state index contributed by atoms with van der Waals surface area (Å²) < 4.78 is 5.98. The molecule has 2 rings (SSSR count). The molecule has 17 heavy (non-hydrogen) atoms. The topological polar surface area (TPSA) is 58.6 Å². The average molecular weight is 387 g/mol. The molecule has 0 spiro atoms. The van der Waals surface area contributed by atoms with Gasteiger partial charge in [-0.1, -0.05) is 0 Å². The van der Waals surface area contributed by atoms with Crippen LogP contribution in [0.15, 0.2) is 21.1 Å². The molecule has 1 heterocycles. The maximum atomic E-state index is 11.1. The lowest BCUT2D eigenvalue weighted by molar-refractivity contribution is 0.115. The van der Waals surface area contributed by atoms with Gasteiger partial charge in [0.1, 0.15) is 5.75 Å². The molecule has 0 bridgehead atoms. The second-order valence-corrected chi connectivity index (χ2v) is 5.16. The van der Waals surface area contributed by atoms with Crippen molar-refractivity contribution in [3.8, 4) is 5.75 Å². The van der Waals surface area contributed by atoms with Crippen LogP contribution in [0.1, 0.15) is 18.0 Å². The molecule has 1 atom stereocenters. The molecule has 1 fully saturated rings. The number of cyclic esters (lactones) is 1. The Morgan fingerprint density at radius 3 is 2.47 bits per heavy atom. The van der Waals surface area contributed by atoms with Gasteiger partial charge in [-0.2, -0.15) is 0 Å². The Morgan fingerprint density at radius 1 is 1.35 bits per heavy atom. The first-order chi connectivity index (χ1) is 7.58. The molecule has 7 heteroatoms. The van der Waals surface area contributed by atoms with E-state index >= 15 is 0 Å². The van der Waals surface area contributed by atoms with E-state index in [4.69, 9.17) is 4.74 Å². The number of phenols is 1. The lowest BCUT2D eigenvalue weighted by atomic mass is 10.0. The zero-order valence-electron chi connectivity index (χ0n) is 8.57. The van der Waals surface area contributed by atoms with Gasteiger partial charge in [-0.25, -0.2) is 4.79 Å². The fraction of sp³-hybridized carbons (Fsp3) is 0.300. The van der Waals surface area contributed by atoms with Crippen LogP contribution in [0.5, 0.6) is 5.75 Å². The summed E-state index contributed by atoms with van der Waals surface area (Å²) in [6, 6.07) is 3.50. The first kappa shape index (κ1) is 14.6. The molecule has 0 saturated carbocycles. The number of amides is 1. The number of hydrogen-bond acceptors (Lipinski definition) is 3. The van der Waals surface area contributed by atoms with E-state index in [-0.39, 0.29) is 24.2 Å². The number of alkyl carbamates (subject to hydrolysis) is 1. The SMILES string of the molecule is Cl.O=C1N[C@@H](c2cc(Br)c(O)c(Br)c2)CCO1. The largest absolute Gasteiger partial charge is 0.506 e. The van der Waals surface area contributed by atoms with Gasteiger partial charge in [0.05, 0.1) is 21.6 Å². The summed E-state index contributed by atoms with van der Waals surface area (Å²) >= 11 is 6.51. The normalized spacial score (nSPS) is 18.9. The van der Waals surface area contributed by atoms with Gasteiger partial charge in [0.2, 0.25) is 0 Å². The molecule has 2 N–H and O–H groups in total. The number of carbonyl (C=O) groups excluding carboxylic acids is 1. The molecule has 1 aromatic rings. The smallest absolute Gasteiger partial charge is 0.407 e. The number of ether oxygens (including phenoxy) is 1. The van der Waals surface area contributed by atoms with Crippen molar-refractivity contribution in [2.75, 3.05) is 6.61 Å². The summed E-state index contributed by atoms with van der Waals surface area (Å²) in [7, 11) is 0. The Morgan fingerprint density at radius 2 is 1.94 bits per heavy atom. The fourth-order valence-electron chi connectivity index (χ4n) is 1.56. The Hall–Kier alpha value is -0.460. The van der Waals surface area contributed by atoms with Crippen LogP contribution in [-0.2, 0) is 4.74 Å². The van der Waals surface area contributed by atoms with Crippen LogP contribution in [0.4, 0.5) is 4.79 Å². The Labute approximate surface area is 121 Å². The molecule has 0 radical (unpaired) electrons. The van der Waals surface area contributed by atoms with Gasteiger partial charge in [-0.3, -0.25) is 0 Å². The van der Waals surface area contributed by atoms with Crippen LogP contribution < -0.4 is 5.32 Å². The van der Waals surface area contributed by atoms with Crippen LogP contribution >= 0.6 is 44.3 Å². The Balaban J connectivity index is 0.00000144. The third kappa shape index (κ3) is 3.26. The minimum atomic E-state index is -0.406. The molecule has 94 valence electrons. The van der Waals surface area contributed by atoms with Crippen molar-refractivity contribution in [2.45, 2.75) is 12.5 Å². The predicted molar refractivity (Wildman–Crippen MR) is 72.6 cm³/mol. The first-order valence-corrected chi connectivity index (χ1v) is 6.27. The van der Waals surface area contributed by atoms with Crippen molar-refractivity contribution >= 4 is 50.4 Å². The zero-order valence-corrected chi connectivity index (χ0v) is 12.6. The summed E-state index contributed by atoms with van der Waals surface area (Å²) in [6.07, 6.45) is 0.312. The van der Waals surface area contributed by atoms with Gasteiger partial charge in [-0.05, 0) is 49.6 Å². The van der Waals surface area contributed by atoms with E-state index in [1.54, 1.807) is 12.1 Å². The van der Waals surface area contributed by atoms with E-state index in [1.807, 2.05) is 0 Å². The third-order valence-electron chi connectivity index (χ3n) is 2.37. The summed E-state index contributed by atoms with van der Waals surface area (Å²) in [5.41, 5.74) is 0.924. The summed E-state index contributed by atoms with van der Waals surface area (Å²) in [5, 5.41) is 12.3. The van der Waals surface area contributed by atoms with E-state index in [0.29, 0.717) is 15.6 Å². The standard InChI is InChI=1S/C10H9Br2NO3.ClH/c11-6-3-5(4-7(12)9(6)14)8-1-2-16-10(15)13-8;/h3-4,8,14H,1-2H2,(H,13,15);1H/t8-;/m1./s1. The van der Waals surface area contributed by atoms with Crippen LogP contribution in [0.25, 0.3) is 0 Å². The molecule has 0 unspecified atom stereocenters. The van der Waals surface area contributed by atoms with E-state index in [9.17, 15) is 9.90 Å². The molecule has 1 aliphatic rings. The molecular formula is C10H10Br2ClNO3. The number of aromatic hydroxyl groups is 1. The quantitative estimate of drug-likeness (QED) is 0.775. The number of carbonyl (C=O) groups is 1. The molecular weight excluding hydrogens is 377 g/mol. The predicted octanol–water partition coefficient (Wildman–Crippen LogP) is 3.51. The summed E-state index contributed by atoms with van der Waals surface area (Å²) in [4.78, 5) is 11.1. The number of nitrogens with one attached hydrogen (secondary N) is 1. The van der Waals surface area contributed by atoms with Crippen molar-refractivity contribution in [3.63, 3.8) is 0 Å². The average Bonchev–Trinajstić information content (AvgIpc) is 2.25. The van der Waals surface area contributed by atoms with Crippen molar-refractivity contribution in [1.29, 1.82) is 0 Å². The van der Waals surface area contributed by atoms with Gasteiger partial charge >= 0.3 is 6.09 Å². The number of rotatable bonds is 1. The highest BCUT2D eigenvalue weighted by atomic mass is 79.9. The minimum Gasteiger partial charge on any atom is -0.506 e. The van der Waals surface area contributed by atoms with E-state index < -0.39 is 6.09 Å². The van der Waals surface area contributed by atoms with Gasteiger partial charge in [0, 0.05) is 6.42 Å². The van der Waals surface area contributed by atoms with Gasteiger partial charge in [-0.15, -0.1) is 12.4 Å². The highest BCUT2D eigenvalue weighted by Crippen LogP contribution is 2.36. The molecule has 0 aromatic heterocycles. The zero-order chi connectivity index (χ0) is 11.7. The summed E-state index contributed by atoms with van der Waals surface area (Å²) in [5.74, 6) is 0.155. The molecule has 1 aliphatic heterocycles. The number of benzene rings is 1. The maximum Gasteiger partial charge on any atom is 0.407 e. The third-order valence-corrected chi connectivity index (χ3v) is 3.58. The lowest BCUT2D eigenvalue weighted by Crippen LogP contribution is -2.35. The highest BCUT2D eigenvalue weighted by molar-refractivity contribution is 9.11. The lowest BCUT2D eigenvalue weighted by Gasteiger charge is -2.24. The molecule has 1 amide bonds. The second-order valence-electron chi connectivity index (χ2n) is 3.45. The van der Waals surface area contributed by atoms with Crippen LogP contribution in [0, 0.1) is 0 Å². The molecule has 1 aromatic carbocycles. The van der Waals surface area contributed by atoms with Crippen LogP contribution in [0.2, 0.25) is 0 Å². The van der Waals surface area contributed by atoms with E-state index in [0.717, 1.165) is 12.0 Å². The van der Waals surface area contributed by atoms with Crippen molar-refractivity contribution < 1.29 is 14.6 Å². The maximum absolute atomic E-state index is 11.1. The molecule has 0 aliphatic carbocycles. The van der Waals surface area contributed by atoms with Gasteiger partial charge in [0.15, 0.2) is 0 Å². The van der Waals surface area contributed by atoms with Crippen molar-refractivity contribution in [1.82, 2.24) is 5.32 Å². The fourth-order valence-corrected chi connectivity index (χ4v) is 2.78. The van der Waals surface area contributed by atoms with Crippen LogP contribution in [-0.4, -0.2) is 17.8 Å². The van der Waals surface area contributed by atoms with Gasteiger partial charge in [0.25, 0.3) is 0 Å². The molecule has 4 nitrogen and oxygen atoms in total. The van der Waals surface area contributed by atoms with E-state index in [1.165, 1.54) is 0 Å². The number of phenolic OH excluding ortho intramolecular Hbond substituents is 1. The Bertz CT molecular complexity index is 419. The summed E-state index contributed by atoms with van der Waals surface area (Å²) in [6.45, 7) is 0.409. The van der Waals surface area contributed by atoms with Crippen molar-refractivity contribution in [3.05, 3.63) is 26.6 Å². The monoisotopic (exact) mass is 385 g/mol. The first-order valence-electron chi connectivity index (χ1n) is 4.69. The highest BCUT2D eigenvalue weighted by Gasteiger charge is 2.22. The van der Waals surface area contributed by atoms with Crippen molar-refractivity contribution in [2.24, 2.45) is 0 Å². The molecule has 1 saturated heterocycles. The number of hydrogen-bond donors (Lipinski definition) is 2.